The Bertz CT molecular complexity index is 396. The molecule has 1 fully saturated rings. The van der Waals surface area contributed by atoms with Gasteiger partial charge in [0.15, 0.2) is 0 Å². The van der Waals surface area contributed by atoms with E-state index in [1.165, 1.54) is 18.9 Å². The van der Waals surface area contributed by atoms with E-state index in [1.807, 2.05) is 22.6 Å². The highest BCUT2D eigenvalue weighted by Crippen LogP contribution is 2.28. The summed E-state index contributed by atoms with van der Waals surface area (Å²) in [5, 5.41) is 3.08. The third-order valence-corrected chi connectivity index (χ3v) is 3.53. The molecule has 0 aromatic heterocycles. The molecule has 0 heterocycles. The first kappa shape index (κ1) is 12.9. The Morgan fingerprint density at radius 1 is 1.47 bits per heavy atom. The second-order valence-electron chi connectivity index (χ2n) is 4.30. The van der Waals surface area contributed by atoms with Crippen molar-refractivity contribution in [2.75, 3.05) is 30.8 Å². The zero-order valence-corrected chi connectivity index (χ0v) is 11.7. The van der Waals surface area contributed by atoms with Gasteiger partial charge in [0, 0.05) is 19.2 Å². The number of benzene rings is 1. The smallest absolute Gasteiger partial charge is 0.138 e. The van der Waals surface area contributed by atoms with Crippen LogP contribution in [0.5, 0.6) is 0 Å². The number of hydrogen-bond donors (Lipinski definition) is 2. The average Bonchev–Trinajstić information content (AvgIpc) is 3.08. The largest absolute Gasteiger partial charge is 0.397 e. The van der Waals surface area contributed by atoms with Crippen molar-refractivity contribution in [3.63, 3.8) is 0 Å². The number of rotatable bonds is 6. The first-order chi connectivity index (χ1) is 8.16. The van der Waals surface area contributed by atoms with Gasteiger partial charge in [0.05, 0.1) is 21.6 Å². The number of nitrogens with two attached hydrogens (primary N) is 1. The van der Waals surface area contributed by atoms with Crippen LogP contribution in [0.2, 0.25) is 0 Å². The molecule has 0 spiro atoms. The van der Waals surface area contributed by atoms with E-state index in [0.717, 1.165) is 12.5 Å². The highest BCUT2D eigenvalue weighted by molar-refractivity contribution is 14.1. The molecular formula is C12H16FIN2O. The van der Waals surface area contributed by atoms with Crippen molar-refractivity contribution in [3.8, 4) is 0 Å². The number of nitrogen functional groups attached to an aromatic ring is 1. The van der Waals surface area contributed by atoms with Crippen molar-refractivity contribution in [2.24, 2.45) is 5.92 Å². The van der Waals surface area contributed by atoms with Crippen LogP contribution in [0.4, 0.5) is 15.8 Å². The minimum absolute atomic E-state index is 0.249. The summed E-state index contributed by atoms with van der Waals surface area (Å²) in [7, 11) is 0. The van der Waals surface area contributed by atoms with Crippen LogP contribution in [-0.2, 0) is 4.74 Å². The Kier molecular flexibility index (Phi) is 4.44. The molecule has 0 atom stereocenters. The summed E-state index contributed by atoms with van der Waals surface area (Å²) in [5.74, 6) is 0.525. The fourth-order valence-electron chi connectivity index (χ4n) is 1.51. The first-order valence-electron chi connectivity index (χ1n) is 5.73. The predicted molar refractivity (Wildman–Crippen MR) is 75.6 cm³/mol. The quantitative estimate of drug-likeness (QED) is 0.471. The van der Waals surface area contributed by atoms with Gasteiger partial charge in [0.1, 0.15) is 5.82 Å². The van der Waals surface area contributed by atoms with Crippen LogP contribution in [0.25, 0.3) is 0 Å². The van der Waals surface area contributed by atoms with Gasteiger partial charge in [-0.25, -0.2) is 4.39 Å². The van der Waals surface area contributed by atoms with Gasteiger partial charge in [-0.15, -0.1) is 0 Å². The Balaban J connectivity index is 1.75. The lowest BCUT2D eigenvalue weighted by Crippen LogP contribution is -2.12. The lowest BCUT2D eigenvalue weighted by atomic mass is 10.2. The molecule has 94 valence electrons. The summed E-state index contributed by atoms with van der Waals surface area (Å²) in [5.41, 5.74) is 6.99. The Morgan fingerprint density at radius 3 is 2.94 bits per heavy atom. The van der Waals surface area contributed by atoms with E-state index in [9.17, 15) is 4.39 Å². The monoisotopic (exact) mass is 350 g/mol. The maximum Gasteiger partial charge on any atom is 0.138 e. The Labute approximate surface area is 114 Å². The topological polar surface area (TPSA) is 47.3 Å². The van der Waals surface area contributed by atoms with Gasteiger partial charge >= 0.3 is 0 Å². The van der Waals surface area contributed by atoms with Crippen molar-refractivity contribution in [1.82, 2.24) is 0 Å². The molecule has 0 saturated heterocycles. The van der Waals surface area contributed by atoms with Crippen molar-refractivity contribution >= 4 is 34.0 Å². The van der Waals surface area contributed by atoms with Crippen LogP contribution in [0.1, 0.15) is 12.8 Å². The van der Waals surface area contributed by atoms with Gasteiger partial charge < -0.3 is 15.8 Å². The Morgan fingerprint density at radius 2 is 2.24 bits per heavy atom. The Hall–Kier alpha value is -0.560. The lowest BCUT2D eigenvalue weighted by Gasteiger charge is -2.10. The minimum Gasteiger partial charge on any atom is -0.397 e. The summed E-state index contributed by atoms with van der Waals surface area (Å²) < 4.78 is 19.3. The third kappa shape index (κ3) is 3.99. The van der Waals surface area contributed by atoms with Crippen molar-refractivity contribution in [2.45, 2.75) is 12.8 Å². The summed E-state index contributed by atoms with van der Waals surface area (Å²) in [6.45, 7) is 2.12. The van der Waals surface area contributed by atoms with Gasteiger partial charge in [-0.3, -0.25) is 0 Å². The SMILES string of the molecule is Nc1cc(I)c(F)cc1NCCOCC1CC1. The van der Waals surface area contributed by atoms with Crippen LogP contribution in [-0.4, -0.2) is 19.8 Å². The van der Waals surface area contributed by atoms with Gasteiger partial charge in [0.25, 0.3) is 0 Å². The second kappa shape index (κ2) is 5.86. The van der Waals surface area contributed by atoms with E-state index in [2.05, 4.69) is 5.32 Å². The van der Waals surface area contributed by atoms with Crippen LogP contribution in [0.3, 0.4) is 0 Å². The van der Waals surface area contributed by atoms with E-state index in [0.29, 0.717) is 28.1 Å². The molecule has 1 aromatic rings. The summed E-state index contributed by atoms with van der Waals surface area (Å²) in [6.07, 6.45) is 2.59. The maximum atomic E-state index is 13.3. The molecule has 1 saturated carbocycles. The van der Waals surface area contributed by atoms with Gasteiger partial charge in [-0.1, -0.05) is 0 Å². The predicted octanol–water partition coefficient (Wildman–Crippen LogP) is 2.85. The zero-order valence-electron chi connectivity index (χ0n) is 9.51. The molecule has 3 nitrogen and oxygen atoms in total. The van der Waals surface area contributed by atoms with Crippen LogP contribution in [0.15, 0.2) is 12.1 Å². The number of halogens is 2. The third-order valence-electron chi connectivity index (χ3n) is 2.70. The molecule has 3 N–H and O–H groups in total. The fourth-order valence-corrected chi connectivity index (χ4v) is 2.00. The number of ether oxygens (including phenoxy) is 1. The van der Waals surface area contributed by atoms with Crippen molar-refractivity contribution in [1.29, 1.82) is 0 Å². The van der Waals surface area contributed by atoms with Crippen molar-refractivity contribution < 1.29 is 9.13 Å². The normalized spacial score (nSPS) is 14.9. The lowest BCUT2D eigenvalue weighted by molar-refractivity contribution is 0.134. The molecule has 1 aromatic carbocycles. The van der Waals surface area contributed by atoms with Crippen LogP contribution in [0, 0.1) is 15.3 Å². The number of anilines is 2. The zero-order chi connectivity index (χ0) is 12.3. The van der Waals surface area contributed by atoms with E-state index in [-0.39, 0.29) is 5.82 Å². The van der Waals surface area contributed by atoms with Crippen molar-refractivity contribution in [3.05, 3.63) is 21.5 Å². The van der Waals surface area contributed by atoms with Crippen LogP contribution < -0.4 is 11.1 Å². The molecule has 5 heteroatoms. The average molecular weight is 350 g/mol. The molecule has 1 aliphatic carbocycles. The van der Waals surface area contributed by atoms with Gasteiger partial charge in [0.2, 0.25) is 0 Å². The van der Waals surface area contributed by atoms with E-state index < -0.39 is 0 Å². The van der Waals surface area contributed by atoms with E-state index in [1.54, 1.807) is 6.07 Å². The molecular weight excluding hydrogens is 334 g/mol. The molecule has 2 rings (SSSR count). The summed E-state index contributed by atoms with van der Waals surface area (Å²) >= 11 is 1.92. The van der Waals surface area contributed by atoms with Gasteiger partial charge in [-0.2, -0.15) is 0 Å². The fraction of sp³-hybridized carbons (Fsp3) is 0.500. The molecule has 1 aliphatic rings. The highest BCUT2D eigenvalue weighted by Gasteiger charge is 2.20. The first-order valence-corrected chi connectivity index (χ1v) is 6.81. The molecule has 0 aliphatic heterocycles. The molecule has 0 bridgehead atoms. The maximum absolute atomic E-state index is 13.3. The molecule has 0 amide bonds. The number of hydrogen-bond acceptors (Lipinski definition) is 3. The highest BCUT2D eigenvalue weighted by atomic mass is 127. The van der Waals surface area contributed by atoms with Crippen LogP contribution >= 0.6 is 22.6 Å². The summed E-state index contributed by atoms with van der Waals surface area (Å²) in [6, 6.07) is 3.06. The number of nitrogens with one attached hydrogen (secondary N) is 1. The minimum atomic E-state index is -0.249. The summed E-state index contributed by atoms with van der Waals surface area (Å²) in [4.78, 5) is 0. The molecule has 17 heavy (non-hydrogen) atoms. The molecule has 0 radical (unpaired) electrons. The van der Waals surface area contributed by atoms with E-state index in [4.69, 9.17) is 10.5 Å². The van der Waals surface area contributed by atoms with Gasteiger partial charge in [-0.05, 0) is 47.4 Å². The molecule has 0 unspecified atom stereocenters. The standard InChI is InChI=1S/C12H16FIN2O/c13-9-5-12(11(15)6-10(9)14)16-3-4-17-7-8-1-2-8/h5-6,8,16H,1-4,7,15H2. The second-order valence-corrected chi connectivity index (χ2v) is 5.46. The van der Waals surface area contributed by atoms with E-state index >= 15 is 0 Å².